The van der Waals surface area contributed by atoms with Crippen molar-refractivity contribution >= 4 is 33.2 Å². The highest BCUT2D eigenvalue weighted by molar-refractivity contribution is 5.87. The van der Waals surface area contributed by atoms with E-state index in [1.165, 1.54) is 11.4 Å². The second-order valence-corrected chi connectivity index (χ2v) is 15.1. The van der Waals surface area contributed by atoms with Gasteiger partial charge in [-0.2, -0.15) is 4.98 Å². The Balaban J connectivity index is 0.970. The molecule has 0 spiro atoms. The molecular weight excluding hydrogens is 729 g/mol. The van der Waals surface area contributed by atoms with E-state index in [9.17, 15) is 0 Å². The van der Waals surface area contributed by atoms with Crippen molar-refractivity contribution in [3.05, 3.63) is 157 Å². The Morgan fingerprint density at radius 1 is 0.475 bits per heavy atom. The van der Waals surface area contributed by atoms with E-state index >= 15 is 0 Å². The van der Waals surface area contributed by atoms with Gasteiger partial charge in [0.25, 0.3) is 0 Å². The molecule has 8 nitrogen and oxygen atoms in total. The van der Waals surface area contributed by atoms with Gasteiger partial charge in [-0.25, -0.2) is 15.0 Å². The van der Waals surface area contributed by atoms with E-state index in [1.807, 2.05) is 72.9 Å². The van der Waals surface area contributed by atoms with Crippen molar-refractivity contribution < 1.29 is 9.47 Å². The second-order valence-electron chi connectivity index (χ2n) is 15.1. The van der Waals surface area contributed by atoms with E-state index in [4.69, 9.17) is 29.4 Å². The molecule has 0 radical (unpaired) electrons. The van der Waals surface area contributed by atoms with Crippen molar-refractivity contribution in [1.29, 1.82) is 0 Å². The van der Waals surface area contributed by atoms with Crippen molar-refractivity contribution in [1.82, 2.24) is 19.9 Å². The van der Waals surface area contributed by atoms with Gasteiger partial charge >= 0.3 is 0 Å². The van der Waals surface area contributed by atoms with Crippen LogP contribution in [-0.2, 0) is 5.41 Å². The fraction of sp³-hybridized carbons (Fsp3) is 0.216. The van der Waals surface area contributed by atoms with Gasteiger partial charge < -0.3 is 19.3 Å². The molecule has 8 rings (SSSR count). The molecule has 0 unspecified atom stereocenters. The normalized spacial score (nSPS) is 11.5. The largest absolute Gasteiger partial charge is 0.457 e. The fourth-order valence-electron chi connectivity index (χ4n) is 7.62. The molecule has 8 aromatic rings. The lowest BCUT2D eigenvalue weighted by Gasteiger charge is -2.26. The highest BCUT2D eigenvalue weighted by Crippen LogP contribution is 2.37. The molecule has 0 aliphatic carbocycles. The Morgan fingerprint density at radius 3 is 1.54 bits per heavy atom. The summed E-state index contributed by atoms with van der Waals surface area (Å²) in [4.78, 5) is 24.1. The molecule has 0 N–H and O–H groups in total. The van der Waals surface area contributed by atoms with E-state index in [-0.39, 0.29) is 5.41 Å². The topological polar surface area (TPSA) is 76.5 Å². The first-order valence-corrected chi connectivity index (χ1v) is 20.6. The molecule has 8 heteroatoms. The fourth-order valence-corrected chi connectivity index (χ4v) is 7.62. The van der Waals surface area contributed by atoms with Gasteiger partial charge in [0.1, 0.15) is 17.2 Å². The summed E-state index contributed by atoms with van der Waals surface area (Å²) in [6, 6.07) is 47.4. The summed E-state index contributed by atoms with van der Waals surface area (Å²) in [7, 11) is 0. The molecule has 0 amide bonds. The van der Waals surface area contributed by atoms with Gasteiger partial charge in [-0.1, -0.05) is 56.3 Å². The maximum atomic E-state index is 6.49. The lowest BCUT2D eigenvalue weighted by molar-refractivity contribution is 0.468. The Bertz CT molecular complexity index is 2670. The van der Waals surface area contributed by atoms with Crippen LogP contribution in [0.4, 0.5) is 11.4 Å². The van der Waals surface area contributed by atoms with Crippen LogP contribution >= 0.6 is 0 Å². The van der Waals surface area contributed by atoms with Gasteiger partial charge in [-0.3, -0.25) is 0 Å². The number of nitrogens with zero attached hydrogens (tertiary/aromatic N) is 6. The van der Waals surface area contributed by atoms with Crippen LogP contribution < -0.4 is 19.3 Å². The summed E-state index contributed by atoms with van der Waals surface area (Å²) in [6.45, 7) is 17.0. The number of anilines is 2. The Hall–Kier alpha value is -6.80. The number of rotatable bonds is 14. The zero-order chi connectivity index (χ0) is 40.9. The number of ether oxygens (including phenoxy) is 2. The van der Waals surface area contributed by atoms with Crippen molar-refractivity contribution in [2.75, 3.05) is 36.0 Å². The van der Waals surface area contributed by atoms with Gasteiger partial charge in [-0.05, 0) is 136 Å². The average Bonchev–Trinajstić information content (AvgIpc) is 3.28. The third kappa shape index (κ3) is 8.17. The molecule has 0 bridgehead atoms. The Morgan fingerprint density at radius 2 is 0.966 bits per heavy atom. The lowest BCUT2D eigenvalue weighted by Crippen LogP contribution is -2.21. The summed E-state index contributed by atoms with van der Waals surface area (Å²) in [5, 5.41) is 1.72. The highest BCUT2D eigenvalue weighted by atomic mass is 16.5. The minimum Gasteiger partial charge on any atom is -0.457 e. The number of fused-ring (bicyclic) bond motifs is 2. The Kier molecular flexibility index (Phi) is 11.2. The van der Waals surface area contributed by atoms with Crippen LogP contribution in [0.1, 0.15) is 52.7 Å². The summed E-state index contributed by atoms with van der Waals surface area (Å²) >= 11 is 0. The number of para-hydroxylation sites is 1. The van der Waals surface area contributed by atoms with E-state index in [0.29, 0.717) is 29.0 Å². The smallest absolute Gasteiger partial charge is 0.230 e. The third-order valence-electron chi connectivity index (χ3n) is 11.3. The minimum absolute atomic E-state index is 0.281. The zero-order valence-electron chi connectivity index (χ0n) is 34.7. The molecule has 296 valence electrons. The van der Waals surface area contributed by atoms with Crippen LogP contribution in [-0.4, -0.2) is 46.1 Å². The second kappa shape index (κ2) is 17.0. The SMILES string of the molecule is CCN(CC)c1ccc(-c2ncc3c(Oc4ccc(C(C)(C)c5ccc(Oc6nc(-c7ccc(N(CC)CC)cc7)nc7ccccc67)cc5)cc4)cccc3n2)cc1. The highest BCUT2D eigenvalue weighted by Gasteiger charge is 2.24. The summed E-state index contributed by atoms with van der Waals surface area (Å²) in [5.41, 5.74) is 8.01. The van der Waals surface area contributed by atoms with Crippen LogP contribution in [0.2, 0.25) is 0 Å². The van der Waals surface area contributed by atoms with E-state index in [2.05, 4.69) is 124 Å². The summed E-state index contributed by atoms with van der Waals surface area (Å²) < 4.78 is 12.9. The number of aromatic nitrogens is 4. The average molecular weight is 779 g/mol. The van der Waals surface area contributed by atoms with E-state index in [0.717, 1.165) is 76.0 Å². The molecule has 2 aromatic heterocycles. The number of hydrogen-bond acceptors (Lipinski definition) is 8. The van der Waals surface area contributed by atoms with E-state index < -0.39 is 0 Å². The van der Waals surface area contributed by atoms with E-state index in [1.54, 1.807) is 0 Å². The van der Waals surface area contributed by atoms with Crippen molar-refractivity contribution in [2.45, 2.75) is 47.0 Å². The van der Waals surface area contributed by atoms with Gasteiger partial charge in [0.2, 0.25) is 5.88 Å². The summed E-state index contributed by atoms with van der Waals surface area (Å²) in [5.74, 6) is 4.01. The monoisotopic (exact) mass is 778 g/mol. The molecule has 0 aliphatic rings. The zero-order valence-corrected chi connectivity index (χ0v) is 34.7. The van der Waals surface area contributed by atoms with Crippen molar-refractivity contribution in [3.8, 4) is 45.9 Å². The van der Waals surface area contributed by atoms with Crippen molar-refractivity contribution in [2.24, 2.45) is 0 Å². The van der Waals surface area contributed by atoms with Gasteiger partial charge in [0.05, 0.1) is 21.8 Å². The first kappa shape index (κ1) is 39.0. The van der Waals surface area contributed by atoms with Crippen LogP contribution in [0.25, 0.3) is 44.6 Å². The standard InChI is InChI=1S/C51H50N6O2/c1-7-56(8-2)39-26-18-35(19-27-39)48-52-34-44-46(53-48)16-13-17-47(44)58-41-30-22-37(23-31-41)51(5,6)38-24-32-42(33-25-38)59-50-43-14-11-12-15-45(43)54-49(55-50)36-20-28-40(29-21-36)57(9-3)10-4/h11-34H,7-10H2,1-6H3. The van der Waals surface area contributed by atoms with Gasteiger partial charge in [0, 0.05) is 60.3 Å². The van der Waals surface area contributed by atoms with Crippen LogP contribution in [0.5, 0.6) is 23.1 Å². The molecule has 2 heterocycles. The van der Waals surface area contributed by atoms with Crippen LogP contribution in [0, 0.1) is 0 Å². The lowest BCUT2D eigenvalue weighted by atomic mass is 9.78. The molecule has 59 heavy (non-hydrogen) atoms. The van der Waals surface area contributed by atoms with Gasteiger partial charge in [-0.15, -0.1) is 0 Å². The molecular formula is C51H50N6O2. The predicted octanol–water partition coefficient (Wildman–Crippen LogP) is 12.5. The first-order valence-electron chi connectivity index (χ1n) is 20.6. The third-order valence-corrected chi connectivity index (χ3v) is 11.3. The molecule has 0 saturated carbocycles. The number of benzene rings is 6. The Labute approximate surface area is 347 Å². The molecule has 0 saturated heterocycles. The summed E-state index contributed by atoms with van der Waals surface area (Å²) in [6.07, 6.45) is 1.86. The first-order chi connectivity index (χ1) is 28.8. The molecule has 0 fully saturated rings. The minimum atomic E-state index is -0.281. The molecule has 6 aromatic carbocycles. The quantitative estimate of drug-likeness (QED) is 0.108. The molecule has 0 aliphatic heterocycles. The van der Waals surface area contributed by atoms with Crippen LogP contribution in [0.3, 0.4) is 0 Å². The predicted molar refractivity (Wildman–Crippen MR) is 242 cm³/mol. The van der Waals surface area contributed by atoms with Crippen LogP contribution in [0.15, 0.2) is 146 Å². The maximum Gasteiger partial charge on any atom is 0.230 e. The molecule has 0 atom stereocenters. The number of hydrogen-bond donors (Lipinski definition) is 0. The maximum absolute atomic E-state index is 6.49. The van der Waals surface area contributed by atoms with Crippen molar-refractivity contribution in [3.63, 3.8) is 0 Å². The van der Waals surface area contributed by atoms with Gasteiger partial charge in [0.15, 0.2) is 11.6 Å².